The lowest BCUT2D eigenvalue weighted by molar-refractivity contribution is 1.14. The van der Waals surface area contributed by atoms with Crippen molar-refractivity contribution in [3.8, 4) is 0 Å². The normalized spacial score (nSPS) is 10.8. The zero-order valence-corrected chi connectivity index (χ0v) is 10.1. The third-order valence-electron chi connectivity index (χ3n) is 1.71. The lowest BCUT2D eigenvalue weighted by Gasteiger charge is -1.94. The minimum atomic E-state index is 1.00. The maximum Gasteiger partial charge on any atom is 0.100 e. The van der Waals surface area contributed by atoms with E-state index in [4.69, 9.17) is 0 Å². The van der Waals surface area contributed by atoms with Crippen LogP contribution in [0.1, 0.15) is 0 Å². The summed E-state index contributed by atoms with van der Waals surface area (Å²) in [6.07, 6.45) is 3.59. The average Bonchev–Trinajstić information content (AvgIpc) is 2.37. The standard InChI is InChI=1S/C12H10N2S2/c1-3-7-13-11(5-1)15-9-10-16-12-6-2-4-8-14-12/h1-10H. The minimum absolute atomic E-state index is 1.00. The largest absolute Gasteiger partial charge is 0.250 e. The second-order valence-electron chi connectivity index (χ2n) is 2.84. The highest BCUT2D eigenvalue weighted by Gasteiger charge is 1.90. The van der Waals surface area contributed by atoms with Gasteiger partial charge >= 0.3 is 0 Å². The van der Waals surface area contributed by atoms with Crippen LogP contribution in [0.5, 0.6) is 0 Å². The van der Waals surface area contributed by atoms with E-state index in [0.717, 1.165) is 10.1 Å². The highest BCUT2D eigenvalue weighted by Crippen LogP contribution is 2.20. The van der Waals surface area contributed by atoms with Crippen molar-refractivity contribution in [2.45, 2.75) is 10.1 Å². The van der Waals surface area contributed by atoms with Crippen LogP contribution in [0.15, 0.2) is 69.7 Å². The summed E-state index contributed by atoms with van der Waals surface area (Å²) in [5.74, 6) is 0. The molecule has 0 fully saturated rings. The third kappa shape index (κ3) is 3.72. The van der Waals surface area contributed by atoms with Gasteiger partial charge in [-0.2, -0.15) is 0 Å². The molecule has 0 unspecified atom stereocenters. The molecule has 0 aromatic carbocycles. The molecular weight excluding hydrogens is 236 g/mol. The van der Waals surface area contributed by atoms with Gasteiger partial charge in [0.2, 0.25) is 0 Å². The number of hydrogen-bond acceptors (Lipinski definition) is 4. The van der Waals surface area contributed by atoms with Crippen molar-refractivity contribution in [2.24, 2.45) is 0 Å². The molecule has 2 aromatic heterocycles. The summed E-state index contributed by atoms with van der Waals surface area (Å²) >= 11 is 3.20. The van der Waals surface area contributed by atoms with Crippen LogP contribution in [0.3, 0.4) is 0 Å². The lowest BCUT2D eigenvalue weighted by atomic mass is 10.5. The molecular formula is C12H10N2S2. The molecule has 0 spiro atoms. The predicted octanol–water partition coefficient (Wildman–Crippen LogP) is 3.83. The Bertz CT molecular complexity index is 400. The lowest BCUT2D eigenvalue weighted by Crippen LogP contribution is -1.73. The zero-order valence-electron chi connectivity index (χ0n) is 8.48. The minimum Gasteiger partial charge on any atom is -0.250 e. The van der Waals surface area contributed by atoms with E-state index in [2.05, 4.69) is 9.97 Å². The fourth-order valence-electron chi connectivity index (χ4n) is 1.03. The average molecular weight is 246 g/mol. The summed E-state index contributed by atoms with van der Waals surface area (Å²) in [4.78, 5) is 8.42. The molecule has 0 bridgehead atoms. The molecule has 0 atom stereocenters. The Labute approximate surface area is 103 Å². The van der Waals surface area contributed by atoms with Crippen LogP contribution < -0.4 is 0 Å². The van der Waals surface area contributed by atoms with Crippen LogP contribution in [-0.2, 0) is 0 Å². The van der Waals surface area contributed by atoms with E-state index in [1.165, 1.54) is 0 Å². The monoisotopic (exact) mass is 246 g/mol. The Hall–Kier alpha value is -1.26. The molecule has 16 heavy (non-hydrogen) atoms. The molecule has 0 aliphatic carbocycles. The van der Waals surface area contributed by atoms with E-state index in [0.29, 0.717) is 0 Å². The Morgan fingerprint density at radius 1 is 0.750 bits per heavy atom. The SMILES string of the molecule is C(=CSc1ccccn1)Sc1ccccn1. The van der Waals surface area contributed by atoms with Crippen molar-refractivity contribution >= 4 is 23.5 Å². The predicted molar refractivity (Wildman–Crippen MR) is 69.3 cm³/mol. The van der Waals surface area contributed by atoms with Gasteiger partial charge in [-0.25, -0.2) is 9.97 Å². The van der Waals surface area contributed by atoms with Crippen LogP contribution in [0, 0.1) is 0 Å². The molecule has 0 radical (unpaired) electrons. The molecule has 2 heterocycles. The summed E-state index contributed by atoms with van der Waals surface area (Å²) in [6.45, 7) is 0. The Morgan fingerprint density at radius 3 is 1.62 bits per heavy atom. The number of thioether (sulfide) groups is 2. The van der Waals surface area contributed by atoms with Gasteiger partial charge in [0, 0.05) is 12.4 Å². The van der Waals surface area contributed by atoms with Crippen LogP contribution in [0.4, 0.5) is 0 Å². The molecule has 2 nitrogen and oxygen atoms in total. The quantitative estimate of drug-likeness (QED) is 0.766. The molecule has 80 valence electrons. The van der Waals surface area contributed by atoms with Crippen molar-refractivity contribution in [2.75, 3.05) is 0 Å². The number of rotatable bonds is 4. The van der Waals surface area contributed by atoms with Crippen LogP contribution in [0.25, 0.3) is 0 Å². The van der Waals surface area contributed by atoms with Gasteiger partial charge in [-0.3, -0.25) is 0 Å². The third-order valence-corrected chi connectivity index (χ3v) is 3.39. The number of hydrogen-bond donors (Lipinski definition) is 0. The van der Waals surface area contributed by atoms with Gasteiger partial charge in [0.25, 0.3) is 0 Å². The first-order valence-electron chi connectivity index (χ1n) is 4.75. The Balaban J connectivity index is 1.83. The van der Waals surface area contributed by atoms with Gasteiger partial charge in [-0.05, 0) is 35.1 Å². The first-order chi connectivity index (χ1) is 7.95. The maximum atomic E-state index is 4.21. The van der Waals surface area contributed by atoms with Gasteiger partial charge in [-0.1, -0.05) is 35.7 Å². The van der Waals surface area contributed by atoms with E-state index in [-0.39, 0.29) is 0 Å². The van der Waals surface area contributed by atoms with Gasteiger partial charge in [0.15, 0.2) is 0 Å². The van der Waals surface area contributed by atoms with Gasteiger partial charge in [-0.15, -0.1) is 0 Å². The van der Waals surface area contributed by atoms with E-state index in [1.54, 1.807) is 35.9 Å². The van der Waals surface area contributed by atoms with Crippen molar-refractivity contribution < 1.29 is 0 Å². The van der Waals surface area contributed by atoms with E-state index >= 15 is 0 Å². The molecule has 0 aliphatic heterocycles. The topological polar surface area (TPSA) is 25.8 Å². The van der Waals surface area contributed by atoms with E-state index < -0.39 is 0 Å². The smallest absolute Gasteiger partial charge is 0.100 e. The first-order valence-corrected chi connectivity index (χ1v) is 6.51. The van der Waals surface area contributed by atoms with Gasteiger partial charge < -0.3 is 0 Å². The molecule has 0 amide bonds. The van der Waals surface area contributed by atoms with Crippen LogP contribution >= 0.6 is 23.5 Å². The zero-order chi connectivity index (χ0) is 11.1. The second kappa shape index (κ2) is 6.35. The highest BCUT2D eigenvalue weighted by molar-refractivity contribution is 8.05. The van der Waals surface area contributed by atoms with E-state index in [1.807, 2.05) is 47.2 Å². The molecule has 0 saturated heterocycles. The molecule has 0 saturated carbocycles. The summed E-state index contributed by atoms with van der Waals surface area (Å²) < 4.78 is 0. The first kappa shape index (κ1) is 11.2. The van der Waals surface area contributed by atoms with Gasteiger partial charge in [0.1, 0.15) is 10.1 Å². The van der Waals surface area contributed by atoms with Gasteiger partial charge in [0.05, 0.1) is 0 Å². The maximum absolute atomic E-state index is 4.21. The highest BCUT2D eigenvalue weighted by atomic mass is 32.2. The van der Waals surface area contributed by atoms with Crippen molar-refractivity contribution in [1.29, 1.82) is 0 Å². The fourth-order valence-corrected chi connectivity index (χ4v) is 2.31. The fraction of sp³-hybridized carbons (Fsp3) is 0. The summed E-state index contributed by atoms with van der Waals surface area (Å²) in [6, 6.07) is 11.8. The number of nitrogens with zero attached hydrogens (tertiary/aromatic N) is 2. The number of pyridine rings is 2. The van der Waals surface area contributed by atoms with E-state index in [9.17, 15) is 0 Å². The Morgan fingerprint density at radius 2 is 1.25 bits per heavy atom. The van der Waals surface area contributed by atoms with Crippen LogP contribution in [-0.4, -0.2) is 9.97 Å². The molecule has 0 aliphatic rings. The van der Waals surface area contributed by atoms with Crippen molar-refractivity contribution in [1.82, 2.24) is 9.97 Å². The second-order valence-corrected chi connectivity index (χ2v) is 4.70. The Kier molecular flexibility index (Phi) is 4.46. The summed E-state index contributed by atoms with van der Waals surface area (Å²) in [7, 11) is 0. The summed E-state index contributed by atoms with van der Waals surface area (Å²) in [5, 5.41) is 6.03. The molecule has 2 rings (SSSR count). The van der Waals surface area contributed by atoms with Crippen LogP contribution in [0.2, 0.25) is 0 Å². The van der Waals surface area contributed by atoms with Crippen molar-refractivity contribution in [3.63, 3.8) is 0 Å². The molecule has 4 heteroatoms. The number of aromatic nitrogens is 2. The summed E-state index contributed by atoms with van der Waals surface area (Å²) in [5.41, 5.74) is 0. The molecule has 2 aromatic rings. The van der Waals surface area contributed by atoms with Crippen molar-refractivity contribution in [3.05, 3.63) is 59.6 Å². The molecule has 0 N–H and O–H groups in total.